The van der Waals surface area contributed by atoms with Gasteiger partial charge in [0.2, 0.25) is 5.95 Å². The van der Waals surface area contributed by atoms with Crippen LogP contribution in [0.25, 0.3) is 5.69 Å². The van der Waals surface area contributed by atoms with Gasteiger partial charge in [0.15, 0.2) is 11.5 Å². The highest BCUT2D eigenvalue weighted by Crippen LogP contribution is 2.23. The van der Waals surface area contributed by atoms with E-state index in [-0.39, 0.29) is 29.7 Å². The molecule has 0 atom stereocenters. The average Bonchev–Trinajstić information content (AvgIpc) is 3.36. The maximum Gasteiger partial charge on any atom is 0.278 e. The topological polar surface area (TPSA) is 133 Å². The molecule has 0 bridgehead atoms. The Hall–Kier alpha value is -3.31. The second-order valence-corrected chi connectivity index (χ2v) is 6.81. The molecule has 12 heteroatoms. The molecule has 1 aliphatic heterocycles. The summed E-state index contributed by atoms with van der Waals surface area (Å²) >= 11 is 0. The van der Waals surface area contributed by atoms with E-state index < -0.39 is 10.8 Å². The lowest BCUT2D eigenvalue weighted by Crippen LogP contribution is -2.27. The first-order chi connectivity index (χ1) is 14.0. The fourth-order valence-electron chi connectivity index (χ4n) is 3.25. The number of hydrogen-bond acceptors (Lipinski definition) is 7. The van der Waals surface area contributed by atoms with Gasteiger partial charge in [-0.15, -0.1) is 12.4 Å². The third-order valence-electron chi connectivity index (χ3n) is 4.86. The van der Waals surface area contributed by atoms with E-state index in [9.17, 15) is 14.9 Å². The van der Waals surface area contributed by atoms with Crippen molar-refractivity contribution in [1.29, 1.82) is 0 Å². The number of nitrogens with zero attached hydrogens (tertiary/aromatic N) is 6. The highest BCUT2D eigenvalue weighted by molar-refractivity contribution is 6.01. The van der Waals surface area contributed by atoms with Crippen molar-refractivity contribution < 1.29 is 9.72 Å². The fraction of sp³-hybridized carbons (Fsp3) is 0.333. The van der Waals surface area contributed by atoms with Crippen LogP contribution in [-0.4, -0.2) is 48.5 Å². The smallest absolute Gasteiger partial charge is 0.278 e. The van der Waals surface area contributed by atoms with Crippen LogP contribution in [0.15, 0.2) is 36.5 Å². The number of hydrogen-bond donors (Lipinski definition) is 2. The molecule has 1 amide bonds. The Balaban J connectivity index is 0.00000256. The van der Waals surface area contributed by atoms with Gasteiger partial charge in [0.25, 0.3) is 11.6 Å². The molecule has 0 unspecified atom stereocenters. The van der Waals surface area contributed by atoms with Crippen LogP contribution in [0.4, 0.5) is 11.6 Å². The number of piperidine rings is 1. The quantitative estimate of drug-likeness (QED) is 0.465. The normalized spacial score (nSPS) is 14.2. The lowest BCUT2D eigenvalue weighted by molar-refractivity contribution is -0.384. The monoisotopic (exact) mass is 432 g/mol. The second-order valence-electron chi connectivity index (χ2n) is 6.81. The Bertz CT molecular complexity index is 1040. The van der Waals surface area contributed by atoms with E-state index in [0.29, 0.717) is 11.6 Å². The first-order valence-electron chi connectivity index (χ1n) is 9.25. The van der Waals surface area contributed by atoms with Crippen molar-refractivity contribution in [3.8, 4) is 5.69 Å². The molecule has 0 spiro atoms. The number of carbonyl (C=O) groups is 1. The van der Waals surface area contributed by atoms with Crippen LogP contribution < -0.4 is 10.6 Å². The molecule has 1 saturated heterocycles. The van der Waals surface area contributed by atoms with Crippen LogP contribution in [0.1, 0.15) is 35.1 Å². The van der Waals surface area contributed by atoms with Crippen molar-refractivity contribution in [3.05, 3.63) is 58.2 Å². The molecule has 0 radical (unpaired) electrons. The Morgan fingerprint density at radius 1 is 1.20 bits per heavy atom. The van der Waals surface area contributed by atoms with Crippen LogP contribution in [0.3, 0.4) is 0 Å². The first kappa shape index (κ1) is 21.4. The van der Waals surface area contributed by atoms with E-state index in [0.717, 1.165) is 31.8 Å². The van der Waals surface area contributed by atoms with Crippen molar-refractivity contribution in [2.75, 3.05) is 18.4 Å². The third kappa shape index (κ3) is 4.47. The number of benzene rings is 1. The molecule has 1 aromatic carbocycles. The SMILES string of the molecule is Cl.Cn1nc(C2CCNCC2)nc1NC(=O)c1ccn(-c2ccc([N+](=O)[O-])cc2)n1. The second kappa shape index (κ2) is 9.01. The Morgan fingerprint density at radius 3 is 2.57 bits per heavy atom. The molecular weight excluding hydrogens is 412 g/mol. The van der Waals surface area contributed by atoms with Crippen LogP contribution in [-0.2, 0) is 7.05 Å². The van der Waals surface area contributed by atoms with Crippen LogP contribution in [0.2, 0.25) is 0 Å². The lowest BCUT2D eigenvalue weighted by Gasteiger charge is -2.19. The molecule has 2 aromatic heterocycles. The summed E-state index contributed by atoms with van der Waals surface area (Å²) in [4.78, 5) is 27.3. The van der Waals surface area contributed by atoms with Crippen molar-refractivity contribution in [2.45, 2.75) is 18.8 Å². The van der Waals surface area contributed by atoms with Gasteiger partial charge in [-0.05, 0) is 44.1 Å². The Labute approximate surface area is 178 Å². The molecular formula is C18H21ClN8O3. The summed E-state index contributed by atoms with van der Waals surface area (Å²) in [6, 6.07) is 7.49. The third-order valence-corrected chi connectivity index (χ3v) is 4.86. The van der Waals surface area contributed by atoms with Crippen molar-refractivity contribution in [3.63, 3.8) is 0 Å². The van der Waals surface area contributed by atoms with Gasteiger partial charge < -0.3 is 5.32 Å². The number of non-ortho nitro benzene ring substituents is 1. The van der Waals surface area contributed by atoms with Gasteiger partial charge in [0.1, 0.15) is 0 Å². The van der Waals surface area contributed by atoms with Gasteiger partial charge in [-0.2, -0.15) is 15.2 Å². The van der Waals surface area contributed by atoms with Crippen LogP contribution in [0, 0.1) is 10.1 Å². The standard InChI is InChI=1S/C18H20N8O3.ClH/c1-24-18(20-16(23-24)12-6-9-19-10-7-12)21-17(27)15-8-11-25(22-15)13-2-4-14(5-3-13)26(28)29;/h2-5,8,11-12,19H,6-7,9-10H2,1H3,(H,20,21,23,27);1H. The number of nitro groups is 1. The summed E-state index contributed by atoms with van der Waals surface area (Å²) < 4.78 is 3.04. The minimum absolute atomic E-state index is 0. The zero-order chi connectivity index (χ0) is 20.4. The molecule has 1 fully saturated rings. The Morgan fingerprint density at radius 2 is 1.90 bits per heavy atom. The molecule has 3 aromatic rings. The number of rotatable bonds is 5. The largest absolute Gasteiger partial charge is 0.317 e. The van der Waals surface area contributed by atoms with Crippen LogP contribution in [0.5, 0.6) is 0 Å². The molecule has 158 valence electrons. The summed E-state index contributed by atoms with van der Waals surface area (Å²) in [6.07, 6.45) is 3.56. The minimum atomic E-state index is -0.468. The molecule has 11 nitrogen and oxygen atoms in total. The predicted molar refractivity (Wildman–Crippen MR) is 111 cm³/mol. The molecule has 30 heavy (non-hydrogen) atoms. The van der Waals surface area contributed by atoms with E-state index in [1.54, 1.807) is 36.1 Å². The molecule has 1 aliphatic rings. The molecule has 0 aliphatic carbocycles. The number of halogens is 1. The van der Waals surface area contributed by atoms with Crippen molar-refractivity contribution >= 4 is 29.9 Å². The zero-order valence-corrected chi connectivity index (χ0v) is 17.0. The molecule has 4 rings (SSSR count). The summed E-state index contributed by atoms with van der Waals surface area (Å²) in [5, 5.41) is 25.5. The number of aromatic nitrogens is 5. The number of nitrogens with one attached hydrogen (secondary N) is 2. The van der Waals surface area contributed by atoms with Crippen LogP contribution >= 0.6 is 12.4 Å². The zero-order valence-electron chi connectivity index (χ0n) is 16.2. The predicted octanol–water partition coefficient (Wildman–Crippen LogP) is 2.05. The fourth-order valence-corrected chi connectivity index (χ4v) is 3.25. The number of anilines is 1. The highest BCUT2D eigenvalue weighted by Gasteiger charge is 2.22. The molecule has 2 N–H and O–H groups in total. The lowest BCUT2D eigenvalue weighted by atomic mass is 9.98. The number of amides is 1. The number of nitro benzene ring substituents is 1. The first-order valence-corrected chi connectivity index (χ1v) is 9.25. The maximum atomic E-state index is 12.6. The van der Waals surface area contributed by atoms with E-state index in [2.05, 4.69) is 25.8 Å². The summed E-state index contributed by atoms with van der Waals surface area (Å²) in [5.74, 6) is 0.988. The van der Waals surface area contributed by atoms with E-state index in [4.69, 9.17) is 0 Å². The van der Waals surface area contributed by atoms with Gasteiger partial charge >= 0.3 is 0 Å². The van der Waals surface area contributed by atoms with E-state index in [1.165, 1.54) is 16.8 Å². The minimum Gasteiger partial charge on any atom is -0.317 e. The molecule has 3 heterocycles. The number of carbonyl (C=O) groups excluding carboxylic acids is 1. The van der Waals surface area contributed by atoms with Crippen molar-refractivity contribution in [2.24, 2.45) is 7.05 Å². The summed E-state index contributed by atoms with van der Waals surface area (Å²) in [5.41, 5.74) is 0.807. The summed E-state index contributed by atoms with van der Waals surface area (Å²) in [6.45, 7) is 1.87. The average molecular weight is 433 g/mol. The van der Waals surface area contributed by atoms with Gasteiger partial charge in [0, 0.05) is 31.3 Å². The van der Waals surface area contributed by atoms with E-state index in [1.807, 2.05) is 0 Å². The number of aryl methyl sites for hydroxylation is 1. The van der Waals surface area contributed by atoms with E-state index >= 15 is 0 Å². The van der Waals surface area contributed by atoms with Crippen molar-refractivity contribution in [1.82, 2.24) is 29.9 Å². The highest BCUT2D eigenvalue weighted by atomic mass is 35.5. The maximum absolute atomic E-state index is 12.6. The molecule has 0 saturated carbocycles. The summed E-state index contributed by atoms with van der Waals surface area (Å²) in [7, 11) is 1.74. The Kier molecular flexibility index (Phi) is 6.43. The van der Waals surface area contributed by atoms with Gasteiger partial charge in [-0.1, -0.05) is 0 Å². The van der Waals surface area contributed by atoms with Gasteiger partial charge in [-0.25, -0.2) is 9.36 Å². The van der Waals surface area contributed by atoms with Gasteiger partial charge in [-0.3, -0.25) is 20.2 Å². The van der Waals surface area contributed by atoms with Gasteiger partial charge in [0.05, 0.1) is 10.6 Å².